The molecule has 138 valence electrons. The molecule has 0 spiro atoms. The molecule has 6 nitrogen and oxygen atoms in total. The zero-order chi connectivity index (χ0) is 18.1. The van der Waals surface area contributed by atoms with E-state index in [1.807, 2.05) is 22.9 Å². The average Bonchev–Trinajstić information content (AvgIpc) is 3.07. The minimum atomic E-state index is -0.323. The Morgan fingerprint density at radius 1 is 1.12 bits per heavy atom. The van der Waals surface area contributed by atoms with Crippen LogP contribution in [-0.4, -0.2) is 41.2 Å². The number of fused-ring (bicyclic) bond motifs is 1. The summed E-state index contributed by atoms with van der Waals surface area (Å²) in [7, 11) is 0. The highest BCUT2D eigenvalue weighted by atomic mass is 16.3. The first kappa shape index (κ1) is 17.1. The molecule has 2 saturated heterocycles. The second-order valence-electron chi connectivity index (χ2n) is 7.34. The maximum absolute atomic E-state index is 12.2. The number of imide groups is 1. The van der Waals surface area contributed by atoms with E-state index >= 15 is 0 Å². The monoisotopic (exact) mass is 355 g/mol. The number of hydrogen-bond donors (Lipinski definition) is 2. The minimum absolute atomic E-state index is 0.186. The van der Waals surface area contributed by atoms with E-state index in [0.717, 1.165) is 43.3 Å². The number of aliphatic hydroxyl groups excluding tert-OH is 1. The third kappa shape index (κ3) is 3.09. The normalized spacial score (nSPS) is 22.0. The van der Waals surface area contributed by atoms with Crippen molar-refractivity contribution >= 4 is 28.4 Å². The van der Waals surface area contributed by atoms with Gasteiger partial charge < -0.3 is 14.6 Å². The van der Waals surface area contributed by atoms with Crippen molar-refractivity contribution in [2.45, 2.75) is 38.1 Å². The van der Waals surface area contributed by atoms with Gasteiger partial charge in [-0.15, -0.1) is 0 Å². The van der Waals surface area contributed by atoms with Crippen LogP contribution in [0.15, 0.2) is 30.5 Å². The third-order valence-corrected chi connectivity index (χ3v) is 5.78. The largest absolute Gasteiger partial charge is 0.396 e. The van der Waals surface area contributed by atoms with Gasteiger partial charge in [0.05, 0.1) is 5.52 Å². The zero-order valence-electron chi connectivity index (χ0n) is 14.9. The number of aliphatic hydroxyl groups is 1. The molecule has 0 radical (unpaired) electrons. The van der Waals surface area contributed by atoms with Crippen LogP contribution in [0.5, 0.6) is 0 Å². The number of nitrogens with one attached hydrogen (secondary N) is 1. The number of benzene rings is 1. The molecule has 6 heteroatoms. The van der Waals surface area contributed by atoms with Gasteiger partial charge in [0.1, 0.15) is 6.04 Å². The van der Waals surface area contributed by atoms with E-state index in [1.54, 1.807) is 0 Å². The Labute approximate surface area is 152 Å². The van der Waals surface area contributed by atoms with E-state index in [-0.39, 0.29) is 24.5 Å². The molecule has 2 N–H and O–H groups in total. The summed E-state index contributed by atoms with van der Waals surface area (Å²) >= 11 is 0. The summed E-state index contributed by atoms with van der Waals surface area (Å²) in [6.07, 6.45) is 5.99. The van der Waals surface area contributed by atoms with Crippen LogP contribution in [0.1, 0.15) is 38.1 Å². The van der Waals surface area contributed by atoms with Crippen molar-refractivity contribution in [2.75, 3.05) is 24.6 Å². The summed E-state index contributed by atoms with van der Waals surface area (Å²) in [5.41, 5.74) is 2.24. The molecule has 3 heterocycles. The lowest BCUT2D eigenvalue weighted by Gasteiger charge is -2.34. The van der Waals surface area contributed by atoms with Crippen LogP contribution in [0.2, 0.25) is 0 Å². The predicted octanol–water partition coefficient (Wildman–Crippen LogP) is 2.22. The first-order chi connectivity index (χ1) is 12.7. The van der Waals surface area contributed by atoms with Crippen LogP contribution in [0, 0.1) is 5.92 Å². The number of aromatic nitrogens is 1. The lowest BCUT2D eigenvalue weighted by Crippen LogP contribution is -2.41. The van der Waals surface area contributed by atoms with Gasteiger partial charge in [-0.05, 0) is 49.8 Å². The van der Waals surface area contributed by atoms with E-state index < -0.39 is 0 Å². The van der Waals surface area contributed by atoms with Crippen molar-refractivity contribution < 1.29 is 14.7 Å². The molecule has 2 aromatic rings. The zero-order valence-corrected chi connectivity index (χ0v) is 14.9. The number of nitrogens with zero attached hydrogens (tertiary/aromatic N) is 2. The average molecular weight is 355 g/mol. The van der Waals surface area contributed by atoms with E-state index in [9.17, 15) is 9.59 Å². The third-order valence-electron chi connectivity index (χ3n) is 5.78. The number of carbonyl (C=O) groups excluding carboxylic acids is 2. The molecule has 2 aliphatic rings. The molecule has 0 bridgehead atoms. The Hall–Kier alpha value is -2.34. The van der Waals surface area contributed by atoms with E-state index in [0.29, 0.717) is 18.8 Å². The summed E-state index contributed by atoms with van der Waals surface area (Å²) in [5.74, 6) is 0.214. The van der Waals surface area contributed by atoms with Crippen LogP contribution in [-0.2, 0) is 9.59 Å². The lowest BCUT2D eigenvalue weighted by atomic mass is 9.93. The molecule has 1 atom stereocenters. The molecule has 1 aromatic heterocycles. The predicted molar refractivity (Wildman–Crippen MR) is 100.0 cm³/mol. The van der Waals surface area contributed by atoms with Gasteiger partial charge >= 0.3 is 0 Å². The summed E-state index contributed by atoms with van der Waals surface area (Å²) in [6, 6.07) is 7.98. The van der Waals surface area contributed by atoms with Gasteiger partial charge in [-0.1, -0.05) is 6.07 Å². The first-order valence-corrected chi connectivity index (χ1v) is 9.46. The maximum atomic E-state index is 12.2. The Bertz CT molecular complexity index is 821. The molecule has 26 heavy (non-hydrogen) atoms. The first-order valence-electron chi connectivity index (χ1n) is 9.46. The summed E-state index contributed by atoms with van der Waals surface area (Å²) in [5, 5.41) is 12.7. The van der Waals surface area contributed by atoms with Gasteiger partial charge in [0.2, 0.25) is 11.8 Å². The maximum Gasteiger partial charge on any atom is 0.249 e. The molecule has 4 rings (SSSR count). The van der Waals surface area contributed by atoms with Crippen molar-refractivity contribution in [1.29, 1.82) is 0 Å². The number of hydrogen-bond acceptors (Lipinski definition) is 4. The van der Waals surface area contributed by atoms with Gasteiger partial charge in [-0.3, -0.25) is 14.9 Å². The van der Waals surface area contributed by atoms with Crippen LogP contribution >= 0.6 is 0 Å². The highest BCUT2D eigenvalue weighted by molar-refractivity contribution is 6.01. The molecule has 2 aliphatic heterocycles. The molecular formula is C20H25N3O3. The fourth-order valence-electron chi connectivity index (χ4n) is 4.31. The molecule has 0 unspecified atom stereocenters. The van der Waals surface area contributed by atoms with Gasteiger partial charge in [0.15, 0.2) is 0 Å². The Morgan fingerprint density at radius 2 is 1.92 bits per heavy atom. The van der Waals surface area contributed by atoms with E-state index in [2.05, 4.69) is 22.3 Å². The van der Waals surface area contributed by atoms with Crippen LogP contribution in [0.4, 0.5) is 5.69 Å². The standard InChI is InChI=1S/C20H25N3O3/c24-13-9-14-6-10-22(11-7-14)16-2-1-3-17-15(16)8-12-23(17)18-4-5-19(25)21-20(18)26/h1-3,8,12,14,18,24H,4-7,9-11,13H2,(H,21,25,26)/t18-/m0/s1. The SMILES string of the molecule is O=C1CC[C@H](n2ccc3c(N4CCC(CCO)CC4)cccc32)C(=O)N1. The Morgan fingerprint density at radius 3 is 2.65 bits per heavy atom. The Kier molecular flexibility index (Phi) is 4.68. The number of piperidine rings is 2. The topological polar surface area (TPSA) is 74.6 Å². The van der Waals surface area contributed by atoms with E-state index in [1.165, 1.54) is 5.69 Å². The number of rotatable bonds is 4. The van der Waals surface area contributed by atoms with Crippen LogP contribution in [0.3, 0.4) is 0 Å². The van der Waals surface area contributed by atoms with Crippen molar-refractivity contribution in [3.63, 3.8) is 0 Å². The highest BCUT2D eigenvalue weighted by Gasteiger charge is 2.29. The molecule has 0 aliphatic carbocycles. The molecule has 2 amide bonds. The van der Waals surface area contributed by atoms with Crippen molar-refractivity contribution in [2.24, 2.45) is 5.92 Å². The van der Waals surface area contributed by atoms with Crippen molar-refractivity contribution in [3.8, 4) is 0 Å². The summed E-state index contributed by atoms with van der Waals surface area (Å²) in [4.78, 5) is 26.1. The number of amides is 2. The summed E-state index contributed by atoms with van der Waals surface area (Å²) < 4.78 is 2.00. The molecular weight excluding hydrogens is 330 g/mol. The lowest BCUT2D eigenvalue weighted by molar-refractivity contribution is -0.135. The van der Waals surface area contributed by atoms with Crippen LogP contribution in [0.25, 0.3) is 10.9 Å². The highest BCUT2D eigenvalue weighted by Crippen LogP contribution is 2.34. The summed E-state index contributed by atoms with van der Waals surface area (Å²) in [6.45, 7) is 2.26. The van der Waals surface area contributed by atoms with Crippen molar-refractivity contribution in [3.05, 3.63) is 30.5 Å². The minimum Gasteiger partial charge on any atom is -0.396 e. The van der Waals surface area contributed by atoms with Crippen molar-refractivity contribution in [1.82, 2.24) is 9.88 Å². The second-order valence-corrected chi connectivity index (χ2v) is 7.34. The van der Waals surface area contributed by atoms with E-state index in [4.69, 9.17) is 5.11 Å². The molecule has 1 aromatic carbocycles. The van der Waals surface area contributed by atoms with Crippen LogP contribution < -0.4 is 10.2 Å². The number of anilines is 1. The fourth-order valence-corrected chi connectivity index (χ4v) is 4.31. The van der Waals surface area contributed by atoms with Gasteiger partial charge in [-0.2, -0.15) is 0 Å². The quantitative estimate of drug-likeness (QED) is 0.825. The fraction of sp³-hybridized carbons (Fsp3) is 0.500. The smallest absolute Gasteiger partial charge is 0.249 e. The van der Waals surface area contributed by atoms with Gasteiger partial charge in [-0.25, -0.2) is 0 Å². The molecule has 2 fully saturated rings. The Balaban J connectivity index is 1.60. The van der Waals surface area contributed by atoms with Gasteiger partial charge in [0.25, 0.3) is 0 Å². The molecule has 0 saturated carbocycles. The van der Waals surface area contributed by atoms with Gasteiger partial charge in [0, 0.05) is 43.4 Å². The number of carbonyl (C=O) groups is 2. The second kappa shape index (κ2) is 7.11.